The molecule has 22 heavy (non-hydrogen) atoms. The van der Waals surface area contributed by atoms with Crippen LogP contribution in [0.5, 0.6) is 5.88 Å². The quantitative estimate of drug-likeness (QED) is 0.768. The van der Waals surface area contributed by atoms with Gasteiger partial charge in [-0.05, 0) is 19.1 Å². The summed E-state index contributed by atoms with van der Waals surface area (Å²) in [6, 6.07) is 7.14. The molecule has 0 spiro atoms. The topological polar surface area (TPSA) is 86.0 Å². The van der Waals surface area contributed by atoms with Crippen LogP contribution in [0.15, 0.2) is 49.1 Å². The highest BCUT2D eigenvalue weighted by Crippen LogP contribution is 2.19. The number of aliphatic hydroxyl groups excluding tert-OH is 1. The van der Waals surface area contributed by atoms with Crippen molar-refractivity contribution >= 4 is 0 Å². The van der Waals surface area contributed by atoms with Gasteiger partial charge in [0.25, 0.3) is 0 Å². The number of hydrogen-bond acceptors (Lipinski definition) is 6. The largest absolute Gasteiger partial charge is 0.478 e. The average molecular weight is 297 g/mol. The molecule has 0 saturated heterocycles. The Morgan fingerprint density at radius 3 is 2.86 bits per heavy atom. The molecule has 0 aliphatic heterocycles. The van der Waals surface area contributed by atoms with E-state index in [4.69, 9.17) is 4.74 Å². The Morgan fingerprint density at radius 1 is 1.27 bits per heavy atom. The lowest BCUT2D eigenvalue weighted by molar-refractivity contribution is 0.214. The first-order chi connectivity index (χ1) is 10.8. The minimum Gasteiger partial charge on any atom is -0.478 e. The molecule has 0 aliphatic carbocycles. The molecule has 0 saturated carbocycles. The van der Waals surface area contributed by atoms with E-state index in [9.17, 15) is 5.11 Å². The average Bonchev–Trinajstić information content (AvgIpc) is 3.06. The Balaban J connectivity index is 1.81. The van der Waals surface area contributed by atoms with E-state index in [2.05, 4.69) is 20.3 Å². The van der Waals surface area contributed by atoms with Crippen molar-refractivity contribution in [3.63, 3.8) is 0 Å². The minimum absolute atomic E-state index is 0.446. The molecule has 3 aromatic rings. The van der Waals surface area contributed by atoms with Gasteiger partial charge in [0.15, 0.2) is 0 Å². The van der Waals surface area contributed by atoms with Crippen LogP contribution in [-0.4, -0.2) is 36.7 Å². The van der Waals surface area contributed by atoms with E-state index < -0.39 is 6.10 Å². The number of ether oxygens (including phenoxy) is 1. The highest BCUT2D eigenvalue weighted by atomic mass is 16.5. The lowest BCUT2D eigenvalue weighted by Crippen LogP contribution is -2.00. The highest BCUT2D eigenvalue weighted by Gasteiger charge is 2.15. The molecule has 3 aromatic heterocycles. The predicted molar refractivity (Wildman–Crippen MR) is 78.6 cm³/mol. The summed E-state index contributed by atoms with van der Waals surface area (Å²) >= 11 is 0. The first kappa shape index (κ1) is 14.2. The minimum atomic E-state index is -0.863. The van der Waals surface area contributed by atoms with Crippen LogP contribution in [-0.2, 0) is 0 Å². The van der Waals surface area contributed by atoms with Crippen molar-refractivity contribution in [2.24, 2.45) is 0 Å². The Labute approximate surface area is 127 Å². The van der Waals surface area contributed by atoms with Crippen molar-refractivity contribution in [1.29, 1.82) is 0 Å². The van der Waals surface area contributed by atoms with Gasteiger partial charge in [-0.2, -0.15) is 0 Å². The third-order valence-electron chi connectivity index (χ3n) is 3.07. The van der Waals surface area contributed by atoms with Gasteiger partial charge in [-0.3, -0.25) is 4.98 Å². The predicted octanol–water partition coefficient (Wildman–Crippen LogP) is 1.54. The van der Waals surface area contributed by atoms with Crippen molar-refractivity contribution in [1.82, 2.24) is 25.0 Å². The van der Waals surface area contributed by atoms with Crippen LogP contribution in [0.4, 0.5) is 0 Å². The smallest absolute Gasteiger partial charge is 0.213 e. The molecular formula is C15H15N5O2. The van der Waals surface area contributed by atoms with Crippen molar-refractivity contribution in [2.75, 3.05) is 6.61 Å². The van der Waals surface area contributed by atoms with Crippen LogP contribution in [0.25, 0.3) is 5.69 Å². The van der Waals surface area contributed by atoms with Gasteiger partial charge in [0, 0.05) is 24.0 Å². The Morgan fingerprint density at radius 2 is 2.18 bits per heavy atom. The molecule has 0 bridgehead atoms. The van der Waals surface area contributed by atoms with E-state index in [0.29, 0.717) is 23.7 Å². The van der Waals surface area contributed by atoms with Crippen LogP contribution in [0.2, 0.25) is 0 Å². The maximum atomic E-state index is 10.3. The van der Waals surface area contributed by atoms with Gasteiger partial charge in [0.1, 0.15) is 11.8 Å². The first-order valence-electron chi connectivity index (χ1n) is 6.87. The fourth-order valence-corrected chi connectivity index (χ4v) is 1.98. The van der Waals surface area contributed by atoms with Crippen molar-refractivity contribution < 1.29 is 9.84 Å². The summed E-state index contributed by atoms with van der Waals surface area (Å²) in [5, 5.41) is 18.3. The standard InChI is InChI=1S/C15H15N5O2/c1-2-22-14-6-5-12(9-17-14)20-10-13(18-19-20)15(21)11-4-3-7-16-8-11/h3-10,15,21H,2H2,1H3. The number of pyridine rings is 2. The summed E-state index contributed by atoms with van der Waals surface area (Å²) < 4.78 is 6.85. The van der Waals surface area contributed by atoms with Gasteiger partial charge in [-0.25, -0.2) is 9.67 Å². The SMILES string of the molecule is CCOc1ccc(-n2cc(C(O)c3cccnc3)nn2)cn1. The van der Waals surface area contributed by atoms with E-state index in [1.165, 1.54) is 0 Å². The zero-order valence-corrected chi connectivity index (χ0v) is 12.0. The second-order valence-corrected chi connectivity index (χ2v) is 4.56. The molecule has 7 heteroatoms. The van der Waals surface area contributed by atoms with Crippen LogP contribution in [0.1, 0.15) is 24.3 Å². The first-order valence-corrected chi connectivity index (χ1v) is 6.87. The second kappa shape index (κ2) is 6.31. The summed E-state index contributed by atoms with van der Waals surface area (Å²) in [5.74, 6) is 0.557. The number of nitrogens with zero attached hydrogens (tertiary/aromatic N) is 5. The van der Waals surface area contributed by atoms with E-state index in [1.807, 2.05) is 13.0 Å². The number of aromatic nitrogens is 5. The molecule has 0 fully saturated rings. The maximum absolute atomic E-state index is 10.3. The van der Waals surface area contributed by atoms with Gasteiger partial charge >= 0.3 is 0 Å². The van der Waals surface area contributed by atoms with E-state index >= 15 is 0 Å². The lowest BCUT2D eigenvalue weighted by atomic mass is 10.1. The molecule has 1 unspecified atom stereocenters. The molecule has 0 aliphatic rings. The maximum Gasteiger partial charge on any atom is 0.213 e. The van der Waals surface area contributed by atoms with Crippen LogP contribution in [0.3, 0.4) is 0 Å². The summed E-state index contributed by atoms with van der Waals surface area (Å²) in [6.45, 7) is 2.47. The molecule has 3 rings (SSSR count). The van der Waals surface area contributed by atoms with Gasteiger partial charge < -0.3 is 9.84 Å². The monoisotopic (exact) mass is 297 g/mol. The molecule has 0 amide bonds. The molecule has 0 aromatic carbocycles. The second-order valence-electron chi connectivity index (χ2n) is 4.56. The molecule has 1 N–H and O–H groups in total. The Bertz CT molecular complexity index is 727. The van der Waals surface area contributed by atoms with E-state index in [-0.39, 0.29) is 0 Å². The highest BCUT2D eigenvalue weighted by molar-refractivity contribution is 5.31. The molecule has 3 heterocycles. The fraction of sp³-hybridized carbons (Fsp3) is 0.200. The molecule has 1 atom stereocenters. The summed E-state index contributed by atoms with van der Waals surface area (Å²) in [7, 11) is 0. The molecular weight excluding hydrogens is 282 g/mol. The Hall–Kier alpha value is -2.80. The third-order valence-corrected chi connectivity index (χ3v) is 3.07. The molecule has 112 valence electrons. The van der Waals surface area contributed by atoms with Crippen LogP contribution < -0.4 is 4.74 Å². The van der Waals surface area contributed by atoms with Crippen LogP contribution >= 0.6 is 0 Å². The number of rotatable bonds is 5. The van der Waals surface area contributed by atoms with Crippen LogP contribution in [0, 0.1) is 0 Å². The molecule has 7 nitrogen and oxygen atoms in total. The summed E-state index contributed by atoms with van der Waals surface area (Å²) in [6.07, 6.45) is 5.69. The van der Waals surface area contributed by atoms with E-state index in [1.54, 1.807) is 47.7 Å². The number of aliphatic hydroxyl groups is 1. The van der Waals surface area contributed by atoms with Gasteiger partial charge in [0.05, 0.1) is 24.7 Å². The fourth-order valence-electron chi connectivity index (χ4n) is 1.98. The van der Waals surface area contributed by atoms with Crippen molar-refractivity contribution in [3.8, 4) is 11.6 Å². The summed E-state index contributed by atoms with van der Waals surface area (Å²) in [4.78, 5) is 8.16. The van der Waals surface area contributed by atoms with Crippen molar-refractivity contribution in [3.05, 3.63) is 60.3 Å². The van der Waals surface area contributed by atoms with Gasteiger partial charge in [-0.1, -0.05) is 11.3 Å². The van der Waals surface area contributed by atoms with E-state index in [0.717, 1.165) is 5.69 Å². The Kier molecular flexibility index (Phi) is 4.06. The number of hydrogen-bond donors (Lipinski definition) is 1. The van der Waals surface area contributed by atoms with Gasteiger partial charge in [0.2, 0.25) is 5.88 Å². The third kappa shape index (κ3) is 2.94. The normalized spacial score (nSPS) is 12.1. The summed E-state index contributed by atoms with van der Waals surface area (Å²) in [5.41, 5.74) is 1.85. The zero-order valence-electron chi connectivity index (χ0n) is 12.0. The molecule has 0 radical (unpaired) electrons. The zero-order chi connectivity index (χ0) is 15.4. The lowest BCUT2D eigenvalue weighted by Gasteiger charge is -2.06. The van der Waals surface area contributed by atoms with Gasteiger partial charge in [-0.15, -0.1) is 5.10 Å². The van der Waals surface area contributed by atoms with Crippen molar-refractivity contribution in [2.45, 2.75) is 13.0 Å².